The van der Waals surface area contributed by atoms with Crippen LogP contribution in [0.2, 0.25) is 0 Å². The van der Waals surface area contributed by atoms with E-state index in [0.717, 1.165) is 5.56 Å². The van der Waals surface area contributed by atoms with Crippen LogP contribution in [0.1, 0.15) is 6.92 Å². The van der Waals surface area contributed by atoms with E-state index in [0.29, 0.717) is 5.82 Å². The molecule has 0 spiro atoms. The van der Waals surface area contributed by atoms with Crippen molar-refractivity contribution < 1.29 is 8.42 Å². The molecule has 1 aromatic carbocycles. The predicted molar refractivity (Wildman–Crippen MR) is 80.9 cm³/mol. The Kier molecular flexibility index (Phi) is 4.66. The van der Waals surface area contributed by atoms with Gasteiger partial charge in [-0.1, -0.05) is 30.3 Å². The van der Waals surface area contributed by atoms with Crippen LogP contribution in [-0.4, -0.2) is 42.3 Å². The fraction of sp³-hybridized carbons (Fsp3) is 0.286. The molecule has 112 valence electrons. The molecule has 1 atom stereocenters. The SMILES string of the molecule is CC(CN)N(C)S(=O)(=O)c1cnc(-c2ccccc2)nc1. The number of aromatic nitrogens is 2. The average Bonchev–Trinajstić information content (AvgIpc) is 2.54. The first-order chi connectivity index (χ1) is 9.96. The number of hydrogen-bond acceptors (Lipinski definition) is 5. The zero-order valence-electron chi connectivity index (χ0n) is 12.0. The second-order valence-corrected chi connectivity index (χ2v) is 6.71. The highest BCUT2D eigenvalue weighted by Crippen LogP contribution is 2.18. The van der Waals surface area contributed by atoms with Gasteiger partial charge in [-0.25, -0.2) is 18.4 Å². The van der Waals surface area contributed by atoms with E-state index >= 15 is 0 Å². The van der Waals surface area contributed by atoms with Gasteiger partial charge in [0, 0.05) is 25.2 Å². The summed E-state index contributed by atoms with van der Waals surface area (Å²) >= 11 is 0. The third-order valence-corrected chi connectivity index (χ3v) is 5.22. The summed E-state index contributed by atoms with van der Waals surface area (Å²) in [7, 11) is -2.12. The van der Waals surface area contributed by atoms with Crippen molar-refractivity contribution in [2.45, 2.75) is 17.9 Å². The number of rotatable bonds is 5. The summed E-state index contributed by atoms with van der Waals surface area (Å²) in [5.74, 6) is 0.490. The molecule has 1 unspecified atom stereocenters. The van der Waals surface area contributed by atoms with Crippen molar-refractivity contribution in [3.63, 3.8) is 0 Å². The molecule has 0 bridgehead atoms. The molecule has 6 nitrogen and oxygen atoms in total. The van der Waals surface area contributed by atoms with Crippen LogP contribution in [0.3, 0.4) is 0 Å². The number of nitrogens with zero attached hydrogens (tertiary/aromatic N) is 3. The summed E-state index contributed by atoms with van der Waals surface area (Å²) in [5, 5.41) is 0. The number of hydrogen-bond donors (Lipinski definition) is 1. The van der Waals surface area contributed by atoms with Gasteiger partial charge in [0.2, 0.25) is 10.0 Å². The molecule has 2 N–H and O–H groups in total. The van der Waals surface area contributed by atoms with E-state index in [4.69, 9.17) is 5.73 Å². The smallest absolute Gasteiger partial charge is 0.246 e. The van der Waals surface area contributed by atoms with Crippen molar-refractivity contribution in [3.05, 3.63) is 42.7 Å². The van der Waals surface area contributed by atoms with Crippen molar-refractivity contribution in [3.8, 4) is 11.4 Å². The van der Waals surface area contributed by atoms with Crippen LogP contribution in [0.5, 0.6) is 0 Å². The zero-order chi connectivity index (χ0) is 15.5. The molecule has 21 heavy (non-hydrogen) atoms. The molecular weight excluding hydrogens is 288 g/mol. The lowest BCUT2D eigenvalue weighted by molar-refractivity contribution is 0.394. The van der Waals surface area contributed by atoms with Gasteiger partial charge in [0.05, 0.1) is 12.4 Å². The Labute approximate surface area is 124 Å². The molecule has 2 rings (SSSR count). The second kappa shape index (κ2) is 6.30. The van der Waals surface area contributed by atoms with E-state index in [-0.39, 0.29) is 17.5 Å². The van der Waals surface area contributed by atoms with Crippen molar-refractivity contribution in [1.29, 1.82) is 0 Å². The Balaban J connectivity index is 2.31. The topological polar surface area (TPSA) is 89.2 Å². The van der Waals surface area contributed by atoms with E-state index < -0.39 is 10.0 Å². The minimum atomic E-state index is -3.62. The van der Waals surface area contributed by atoms with E-state index in [1.165, 1.54) is 23.7 Å². The molecular formula is C14H18N4O2S. The maximum Gasteiger partial charge on any atom is 0.246 e. The van der Waals surface area contributed by atoms with Crippen LogP contribution >= 0.6 is 0 Å². The Morgan fingerprint density at radius 3 is 2.29 bits per heavy atom. The lowest BCUT2D eigenvalue weighted by Crippen LogP contribution is -2.39. The number of benzene rings is 1. The molecule has 2 aromatic rings. The monoisotopic (exact) mass is 306 g/mol. The van der Waals surface area contributed by atoms with Gasteiger partial charge in [-0.05, 0) is 6.92 Å². The number of likely N-dealkylation sites (N-methyl/N-ethyl adjacent to an activating group) is 1. The molecule has 0 saturated carbocycles. The first-order valence-corrected chi connectivity index (χ1v) is 7.96. The minimum Gasteiger partial charge on any atom is -0.329 e. The molecule has 0 fully saturated rings. The number of sulfonamides is 1. The van der Waals surface area contributed by atoms with Gasteiger partial charge < -0.3 is 5.73 Å². The fourth-order valence-corrected chi connectivity index (χ4v) is 3.00. The molecule has 1 aromatic heterocycles. The Morgan fingerprint density at radius 2 is 1.76 bits per heavy atom. The molecule has 0 aliphatic rings. The van der Waals surface area contributed by atoms with E-state index in [9.17, 15) is 8.42 Å². The standard InChI is InChI=1S/C14H18N4O2S/c1-11(8-15)18(2)21(19,20)13-9-16-14(17-10-13)12-6-4-3-5-7-12/h3-7,9-11H,8,15H2,1-2H3. The van der Waals surface area contributed by atoms with Crippen LogP contribution in [0.4, 0.5) is 0 Å². The normalized spacial score (nSPS) is 13.3. The lowest BCUT2D eigenvalue weighted by Gasteiger charge is -2.22. The third-order valence-electron chi connectivity index (χ3n) is 3.30. The molecule has 1 heterocycles. The van der Waals surface area contributed by atoms with Gasteiger partial charge in [-0.3, -0.25) is 0 Å². The Morgan fingerprint density at radius 1 is 1.19 bits per heavy atom. The molecule has 7 heteroatoms. The van der Waals surface area contributed by atoms with E-state index in [1.54, 1.807) is 6.92 Å². The summed E-state index contributed by atoms with van der Waals surface area (Å²) in [6.45, 7) is 2.00. The van der Waals surface area contributed by atoms with Gasteiger partial charge >= 0.3 is 0 Å². The summed E-state index contributed by atoms with van der Waals surface area (Å²) in [6, 6.07) is 9.09. The molecule has 0 amide bonds. The maximum atomic E-state index is 12.4. The largest absolute Gasteiger partial charge is 0.329 e. The van der Waals surface area contributed by atoms with Gasteiger partial charge in [-0.2, -0.15) is 4.31 Å². The fourth-order valence-electron chi connectivity index (χ4n) is 1.74. The summed E-state index contributed by atoms with van der Waals surface area (Å²) < 4.78 is 26.0. The molecule has 0 aliphatic heterocycles. The maximum absolute atomic E-state index is 12.4. The average molecular weight is 306 g/mol. The molecule has 0 saturated heterocycles. The van der Waals surface area contributed by atoms with Gasteiger partial charge in [0.15, 0.2) is 5.82 Å². The first-order valence-electron chi connectivity index (χ1n) is 6.52. The third kappa shape index (κ3) is 3.26. The van der Waals surface area contributed by atoms with Crippen molar-refractivity contribution in [2.75, 3.05) is 13.6 Å². The van der Waals surface area contributed by atoms with Crippen LogP contribution in [0.15, 0.2) is 47.6 Å². The van der Waals surface area contributed by atoms with Crippen molar-refractivity contribution in [2.24, 2.45) is 5.73 Å². The highest BCUT2D eigenvalue weighted by atomic mass is 32.2. The predicted octanol–water partition coefficient (Wildman–Crippen LogP) is 1.11. The minimum absolute atomic E-state index is 0.0602. The van der Waals surface area contributed by atoms with Crippen LogP contribution < -0.4 is 5.73 Å². The summed E-state index contributed by atoms with van der Waals surface area (Å²) in [4.78, 5) is 8.33. The van der Waals surface area contributed by atoms with E-state index in [2.05, 4.69) is 9.97 Å². The highest BCUT2D eigenvalue weighted by Gasteiger charge is 2.25. The van der Waals surface area contributed by atoms with Crippen LogP contribution in [-0.2, 0) is 10.0 Å². The number of nitrogens with two attached hydrogens (primary N) is 1. The van der Waals surface area contributed by atoms with Gasteiger partial charge in [0.1, 0.15) is 4.90 Å². The van der Waals surface area contributed by atoms with Gasteiger partial charge in [0.25, 0.3) is 0 Å². The molecule has 0 radical (unpaired) electrons. The van der Waals surface area contributed by atoms with E-state index in [1.807, 2.05) is 30.3 Å². The molecule has 0 aliphatic carbocycles. The quantitative estimate of drug-likeness (QED) is 0.894. The highest BCUT2D eigenvalue weighted by molar-refractivity contribution is 7.89. The first kappa shape index (κ1) is 15.6. The van der Waals surface area contributed by atoms with Crippen LogP contribution in [0.25, 0.3) is 11.4 Å². The van der Waals surface area contributed by atoms with Crippen LogP contribution in [0, 0.1) is 0 Å². The van der Waals surface area contributed by atoms with Crippen molar-refractivity contribution in [1.82, 2.24) is 14.3 Å². The lowest BCUT2D eigenvalue weighted by atomic mass is 10.2. The summed E-state index contributed by atoms with van der Waals surface area (Å²) in [5.41, 5.74) is 6.35. The van der Waals surface area contributed by atoms with Crippen molar-refractivity contribution >= 4 is 10.0 Å². The Bertz CT molecular complexity index is 687. The summed E-state index contributed by atoms with van der Waals surface area (Å²) in [6.07, 6.45) is 2.65. The van der Waals surface area contributed by atoms with Gasteiger partial charge in [-0.15, -0.1) is 0 Å². The Hall–Kier alpha value is -1.83. The second-order valence-electron chi connectivity index (χ2n) is 4.71. The zero-order valence-corrected chi connectivity index (χ0v) is 12.8.